The minimum Gasteiger partial charge on any atom is -0.418 e. The molecule has 0 atom stereocenters. The van der Waals surface area contributed by atoms with Crippen molar-refractivity contribution in [3.8, 4) is 0 Å². The average Bonchev–Trinajstić information content (AvgIpc) is 2.83. The van der Waals surface area contributed by atoms with Crippen molar-refractivity contribution >= 4 is 50.9 Å². The van der Waals surface area contributed by atoms with Gasteiger partial charge in [-0.05, 0) is 24.3 Å². The van der Waals surface area contributed by atoms with Crippen LogP contribution in [0, 0.1) is 0 Å². The molecule has 0 bridgehead atoms. The first-order valence-corrected chi connectivity index (χ1v) is 9.94. The predicted molar refractivity (Wildman–Crippen MR) is 124 cm³/mol. The van der Waals surface area contributed by atoms with E-state index in [2.05, 4.69) is 68.5 Å². The van der Waals surface area contributed by atoms with E-state index in [1.165, 1.54) is 0 Å². The van der Waals surface area contributed by atoms with Crippen molar-refractivity contribution < 1.29 is 37.7 Å². The van der Waals surface area contributed by atoms with Gasteiger partial charge in [0.15, 0.2) is 0 Å². The zero-order valence-electron chi connectivity index (χ0n) is 17.4. The third kappa shape index (κ3) is 6.31. The Bertz CT molecular complexity index is 1320. The molecule has 0 aliphatic heterocycles. The first kappa shape index (κ1) is 25.2. The zero-order valence-corrected chi connectivity index (χ0v) is 19.0. The minimum absolute atomic E-state index is 0. The fraction of sp³-hybridized carbons (Fsp3) is 0. The molecule has 4 aromatic heterocycles. The molecule has 0 spiro atoms. The molecular formula is C24H16BF4N4Pd-. The second kappa shape index (κ2) is 11.1. The Morgan fingerprint density at radius 3 is 0.824 bits per heavy atom. The number of benzene rings is 2. The van der Waals surface area contributed by atoms with E-state index in [4.69, 9.17) is 0 Å². The molecule has 10 heteroatoms. The third-order valence-electron chi connectivity index (χ3n) is 4.69. The van der Waals surface area contributed by atoms with Gasteiger partial charge in [0, 0.05) is 66.8 Å². The van der Waals surface area contributed by atoms with E-state index in [1.54, 1.807) is 24.8 Å². The van der Waals surface area contributed by atoms with E-state index in [-0.39, 0.29) is 20.4 Å². The molecule has 0 radical (unpaired) electrons. The largest absolute Gasteiger partial charge is 0.673 e. The number of aromatic nitrogens is 4. The summed E-state index contributed by atoms with van der Waals surface area (Å²) in [7, 11) is -6.00. The summed E-state index contributed by atoms with van der Waals surface area (Å²) in [5.41, 5.74) is 3.91. The Hall–Kier alpha value is -3.47. The van der Waals surface area contributed by atoms with Gasteiger partial charge >= 0.3 is 7.25 Å². The predicted octanol–water partition coefficient (Wildman–Crippen LogP) is 6.86. The maximum Gasteiger partial charge on any atom is 0.673 e. The summed E-state index contributed by atoms with van der Waals surface area (Å²) in [6.45, 7) is 0. The number of hydrogen-bond donors (Lipinski definition) is 0. The molecule has 0 saturated heterocycles. The average molecular weight is 554 g/mol. The molecule has 4 nitrogen and oxygen atoms in total. The van der Waals surface area contributed by atoms with Gasteiger partial charge in [-0.1, -0.05) is 48.5 Å². The van der Waals surface area contributed by atoms with Crippen LogP contribution in [0.2, 0.25) is 0 Å². The molecule has 0 unspecified atom stereocenters. The first-order valence-electron chi connectivity index (χ1n) is 9.94. The number of halogens is 4. The van der Waals surface area contributed by atoms with Crippen molar-refractivity contribution in [1.29, 1.82) is 0 Å². The van der Waals surface area contributed by atoms with Gasteiger partial charge in [0.05, 0.1) is 22.1 Å². The van der Waals surface area contributed by atoms with Crippen LogP contribution < -0.4 is 0 Å². The fourth-order valence-corrected chi connectivity index (χ4v) is 3.36. The van der Waals surface area contributed by atoms with Crippen LogP contribution in [0.25, 0.3) is 43.6 Å². The summed E-state index contributed by atoms with van der Waals surface area (Å²) in [5, 5.41) is 4.55. The molecule has 4 heterocycles. The zero-order chi connectivity index (χ0) is 23.3. The summed E-state index contributed by atoms with van der Waals surface area (Å²) < 4.78 is 39.0. The van der Waals surface area contributed by atoms with Crippen molar-refractivity contribution in [3.63, 3.8) is 0 Å². The Morgan fingerprint density at radius 2 is 0.618 bits per heavy atom. The van der Waals surface area contributed by atoms with Crippen LogP contribution in [0.3, 0.4) is 0 Å². The Morgan fingerprint density at radius 1 is 0.412 bits per heavy atom. The van der Waals surface area contributed by atoms with Gasteiger partial charge in [-0.3, -0.25) is 19.9 Å². The molecule has 6 rings (SSSR count). The quantitative estimate of drug-likeness (QED) is 0.117. The summed E-state index contributed by atoms with van der Waals surface area (Å²) in [4.78, 5) is 17.4. The van der Waals surface area contributed by atoms with Crippen molar-refractivity contribution in [3.05, 3.63) is 97.6 Å². The second-order valence-electron chi connectivity index (χ2n) is 6.93. The van der Waals surface area contributed by atoms with Crippen LogP contribution in [-0.4, -0.2) is 27.2 Å². The van der Waals surface area contributed by atoms with E-state index in [1.807, 2.05) is 24.3 Å². The number of rotatable bonds is 0. The van der Waals surface area contributed by atoms with Crippen LogP contribution in [0.15, 0.2) is 97.6 Å². The third-order valence-corrected chi connectivity index (χ3v) is 4.69. The number of pyridine rings is 4. The standard InChI is InChI=1S/2C12H8N2.BF4.Pd/c2*1-3-9-5-6-10-4-2-8-14-12(10)11(9)13-7-1;2-1(3,4)5;/h2*1-8H;;/q;;-1;. The van der Waals surface area contributed by atoms with E-state index in [9.17, 15) is 17.3 Å². The number of nitrogens with zero attached hydrogens (tertiary/aromatic N) is 4. The molecule has 2 aromatic carbocycles. The van der Waals surface area contributed by atoms with Crippen molar-refractivity contribution in [2.45, 2.75) is 0 Å². The van der Waals surface area contributed by atoms with Crippen molar-refractivity contribution in [2.75, 3.05) is 0 Å². The van der Waals surface area contributed by atoms with Gasteiger partial charge in [0.2, 0.25) is 0 Å². The Labute approximate surface area is 205 Å². The number of hydrogen-bond acceptors (Lipinski definition) is 4. The summed E-state index contributed by atoms with van der Waals surface area (Å²) in [6.07, 6.45) is 7.21. The van der Waals surface area contributed by atoms with Gasteiger partial charge in [-0.25, -0.2) is 0 Å². The smallest absolute Gasteiger partial charge is 0.418 e. The van der Waals surface area contributed by atoms with Gasteiger partial charge < -0.3 is 17.3 Å². The van der Waals surface area contributed by atoms with Crippen molar-refractivity contribution in [2.24, 2.45) is 0 Å². The molecular weight excluding hydrogens is 538 g/mol. The van der Waals surface area contributed by atoms with Gasteiger partial charge in [-0.15, -0.1) is 0 Å². The van der Waals surface area contributed by atoms with Crippen molar-refractivity contribution in [1.82, 2.24) is 19.9 Å². The van der Waals surface area contributed by atoms with Gasteiger partial charge in [-0.2, -0.15) is 0 Å². The first-order chi connectivity index (χ1) is 15.9. The molecule has 34 heavy (non-hydrogen) atoms. The molecule has 0 aliphatic carbocycles. The molecule has 174 valence electrons. The maximum atomic E-state index is 9.75. The van der Waals surface area contributed by atoms with Crippen LogP contribution >= 0.6 is 0 Å². The fourth-order valence-electron chi connectivity index (χ4n) is 3.36. The summed E-state index contributed by atoms with van der Waals surface area (Å²) in [5.74, 6) is 0. The topological polar surface area (TPSA) is 51.6 Å². The van der Waals surface area contributed by atoms with Crippen LogP contribution in [0.1, 0.15) is 0 Å². The molecule has 6 aromatic rings. The van der Waals surface area contributed by atoms with Gasteiger partial charge in [0.1, 0.15) is 0 Å². The van der Waals surface area contributed by atoms with Crippen LogP contribution in [0.5, 0.6) is 0 Å². The monoisotopic (exact) mass is 553 g/mol. The van der Waals surface area contributed by atoms with Crippen LogP contribution in [0.4, 0.5) is 17.3 Å². The summed E-state index contributed by atoms with van der Waals surface area (Å²) in [6, 6.07) is 24.3. The second-order valence-corrected chi connectivity index (χ2v) is 6.93. The molecule has 0 saturated carbocycles. The molecule has 0 amide bonds. The van der Waals surface area contributed by atoms with E-state index >= 15 is 0 Å². The van der Waals surface area contributed by atoms with Crippen LogP contribution in [-0.2, 0) is 20.4 Å². The molecule has 0 aliphatic rings. The van der Waals surface area contributed by atoms with E-state index in [0.29, 0.717) is 0 Å². The normalized spacial score (nSPS) is 10.7. The maximum absolute atomic E-state index is 9.75. The minimum atomic E-state index is -6.00. The Kier molecular flexibility index (Phi) is 8.21. The van der Waals surface area contributed by atoms with E-state index in [0.717, 1.165) is 43.6 Å². The number of fused-ring (bicyclic) bond motifs is 6. The van der Waals surface area contributed by atoms with E-state index < -0.39 is 7.25 Å². The van der Waals surface area contributed by atoms with Gasteiger partial charge in [0.25, 0.3) is 0 Å². The molecule has 0 fully saturated rings. The summed E-state index contributed by atoms with van der Waals surface area (Å²) >= 11 is 0. The SMILES string of the molecule is F[B-](F)(F)F.[Pd].c1cnc2c(c1)ccc1cccnc12.c1cnc2c(c1)ccc1cccnc12. The Balaban J connectivity index is 0.000000156. The molecule has 0 N–H and O–H groups in total.